The summed E-state index contributed by atoms with van der Waals surface area (Å²) in [4.78, 5) is 12.4. The van der Waals surface area contributed by atoms with Crippen LogP contribution in [0.4, 0.5) is 0 Å². The first kappa shape index (κ1) is 14.3. The molecule has 0 fully saturated rings. The van der Waals surface area contributed by atoms with E-state index in [0.717, 1.165) is 15.4 Å². The lowest BCUT2D eigenvalue weighted by molar-refractivity contribution is 0.0992. The average Bonchev–Trinajstić information content (AvgIpc) is 2.49. The van der Waals surface area contributed by atoms with Crippen molar-refractivity contribution < 1.29 is 4.79 Å². The van der Waals surface area contributed by atoms with E-state index in [1.54, 1.807) is 18.2 Å². The van der Waals surface area contributed by atoms with Crippen LogP contribution >= 0.6 is 27.5 Å². The zero-order valence-electron chi connectivity index (χ0n) is 11.1. The number of hydrogen-bond acceptors (Lipinski definition) is 1. The normalized spacial score (nSPS) is 10.8. The Hall–Kier alpha value is -1.64. The van der Waals surface area contributed by atoms with Crippen LogP contribution in [-0.4, -0.2) is 5.78 Å². The molecule has 0 saturated heterocycles. The van der Waals surface area contributed by atoms with Gasteiger partial charge in [-0.1, -0.05) is 70.0 Å². The molecule has 0 spiro atoms. The van der Waals surface area contributed by atoms with Crippen molar-refractivity contribution >= 4 is 44.1 Å². The van der Waals surface area contributed by atoms with E-state index in [1.807, 2.05) is 24.3 Å². The van der Waals surface area contributed by atoms with E-state index in [2.05, 4.69) is 34.1 Å². The molecule has 0 amide bonds. The topological polar surface area (TPSA) is 17.1 Å². The zero-order chi connectivity index (χ0) is 14.8. The third-order valence-corrected chi connectivity index (χ3v) is 4.33. The lowest BCUT2D eigenvalue weighted by Gasteiger charge is -2.06. The Kier molecular flexibility index (Phi) is 4.09. The predicted molar refractivity (Wildman–Crippen MR) is 91.1 cm³/mol. The van der Waals surface area contributed by atoms with Gasteiger partial charge in [-0.25, -0.2) is 0 Å². The standard InChI is InChI=1S/C18H12BrClO/c19-17-8-7-15(20)11-16(17)18(21)10-12-5-6-13-3-1-2-4-14(13)9-12/h1-9,11H,10H2. The Morgan fingerprint density at radius 2 is 1.71 bits per heavy atom. The molecule has 3 heteroatoms. The summed E-state index contributed by atoms with van der Waals surface area (Å²) >= 11 is 9.37. The van der Waals surface area contributed by atoms with E-state index < -0.39 is 0 Å². The number of halogens is 2. The molecule has 0 aromatic heterocycles. The highest BCUT2D eigenvalue weighted by molar-refractivity contribution is 9.10. The first-order valence-electron chi connectivity index (χ1n) is 6.59. The van der Waals surface area contributed by atoms with Crippen LogP contribution in [0.3, 0.4) is 0 Å². The maximum atomic E-state index is 12.4. The van der Waals surface area contributed by atoms with E-state index in [-0.39, 0.29) is 5.78 Å². The maximum Gasteiger partial charge on any atom is 0.168 e. The van der Waals surface area contributed by atoms with Crippen LogP contribution in [-0.2, 0) is 6.42 Å². The van der Waals surface area contributed by atoms with Gasteiger partial charge < -0.3 is 0 Å². The molecule has 3 rings (SSSR count). The molecule has 0 radical (unpaired) electrons. The molecule has 0 N–H and O–H groups in total. The lowest BCUT2D eigenvalue weighted by Crippen LogP contribution is -2.04. The van der Waals surface area contributed by atoms with Gasteiger partial charge in [0.2, 0.25) is 0 Å². The van der Waals surface area contributed by atoms with Gasteiger partial charge >= 0.3 is 0 Å². The van der Waals surface area contributed by atoms with Crippen LogP contribution in [0.1, 0.15) is 15.9 Å². The average molecular weight is 360 g/mol. The van der Waals surface area contributed by atoms with Crippen molar-refractivity contribution in [1.29, 1.82) is 0 Å². The monoisotopic (exact) mass is 358 g/mol. The fourth-order valence-electron chi connectivity index (χ4n) is 2.34. The molecule has 1 nitrogen and oxygen atoms in total. The molecule has 0 atom stereocenters. The van der Waals surface area contributed by atoms with Gasteiger partial charge in [0.05, 0.1) is 0 Å². The summed E-state index contributed by atoms with van der Waals surface area (Å²) in [5.41, 5.74) is 1.63. The van der Waals surface area contributed by atoms with Crippen molar-refractivity contribution in [3.05, 3.63) is 81.3 Å². The Balaban J connectivity index is 1.90. The highest BCUT2D eigenvalue weighted by Gasteiger charge is 2.11. The summed E-state index contributed by atoms with van der Waals surface area (Å²) in [6.07, 6.45) is 0.365. The van der Waals surface area contributed by atoms with E-state index in [1.165, 1.54) is 5.39 Å². The smallest absolute Gasteiger partial charge is 0.168 e. The fraction of sp³-hybridized carbons (Fsp3) is 0.0556. The summed E-state index contributed by atoms with van der Waals surface area (Å²) in [6, 6.07) is 19.5. The Morgan fingerprint density at radius 1 is 0.952 bits per heavy atom. The van der Waals surface area contributed by atoms with Crippen LogP contribution in [0.2, 0.25) is 5.02 Å². The van der Waals surface area contributed by atoms with Crippen LogP contribution in [0, 0.1) is 0 Å². The van der Waals surface area contributed by atoms with Crippen LogP contribution in [0.15, 0.2) is 65.1 Å². The Morgan fingerprint density at radius 3 is 2.52 bits per heavy atom. The number of carbonyl (C=O) groups is 1. The predicted octanol–water partition coefficient (Wildman–Crippen LogP) is 5.68. The van der Waals surface area contributed by atoms with Crippen molar-refractivity contribution in [2.24, 2.45) is 0 Å². The third-order valence-electron chi connectivity index (χ3n) is 3.41. The van der Waals surface area contributed by atoms with Gasteiger partial charge in [-0.05, 0) is 34.5 Å². The van der Waals surface area contributed by atoms with Crippen molar-refractivity contribution in [2.75, 3.05) is 0 Å². The van der Waals surface area contributed by atoms with E-state index in [0.29, 0.717) is 17.0 Å². The van der Waals surface area contributed by atoms with Crippen LogP contribution in [0.5, 0.6) is 0 Å². The van der Waals surface area contributed by atoms with Crippen molar-refractivity contribution in [1.82, 2.24) is 0 Å². The minimum absolute atomic E-state index is 0.0552. The minimum atomic E-state index is 0.0552. The SMILES string of the molecule is O=C(Cc1ccc2ccccc2c1)c1cc(Cl)ccc1Br. The van der Waals surface area contributed by atoms with Gasteiger partial charge in [-0.2, -0.15) is 0 Å². The van der Waals surface area contributed by atoms with Crippen LogP contribution in [0.25, 0.3) is 10.8 Å². The van der Waals surface area contributed by atoms with Gasteiger partial charge in [-0.3, -0.25) is 4.79 Å². The Labute approximate surface area is 136 Å². The molecule has 0 heterocycles. The number of carbonyl (C=O) groups excluding carboxylic acids is 1. The van der Waals surface area contributed by atoms with E-state index in [4.69, 9.17) is 11.6 Å². The van der Waals surface area contributed by atoms with E-state index in [9.17, 15) is 4.79 Å². The van der Waals surface area contributed by atoms with Crippen molar-refractivity contribution in [3.8, 4) is 0 Å². The first-order chi connectivity index (χ1) is 10.1. The molecular formula is C18H12BrClO. The second-order valence-corrected chi connectivity index (χ2v) is 6.20. The van der Waals surface area contributed by atoms with Gasteiger partial charge in [0.1, 0.15) is 0 Å². The van der Waals surface area contributed by atoms with Gasteiger partial charge in [-0.15, -0.1) is 0 Å². The molecule has 3 aromatic carbocycles. The second kappa shape index (κ2) is 6.00. The highest BCUT2D eigenvalue weighted by atomic mass is 79.9. The van der Waals surface area contributed by atoms with Gasteiger partial charge in [0.15, 0.2) is 5.78 Å². The fourth-order valence-corrected chi connectivity index (χ4v) is 2.98. The molecule has 0 aliphatic carbocycles. The minimum Gasteiger partial charge on any atom is -0.294 e. The first-order valence-corrected chi connectivity index (χ1v) is 7.76. The molecule has 0 aliphatic heterocycles. The van der Waals surface area contributed by atoms with Gasteiger partial charge in [0, 0.05) is 21.5 Å². The molecule has 21 heavy (non-hydrogen) atoms. The number of Topliss-reactive ketones (excluding diaryl/α,β-unsaturated/α-hetero) is 1. The molecule has 104 valence electrons. The van der Waals surface area contributed by atoms with Gasteiger partial charge in [0.25, 0.3) is 0 Å². The zero-order valence-corrected chi connectivity index (χ0v) is 13.5. The van der Waals surface area contributed by atoms with Crippen molar-refractivity contribution in [3.63, 3.8) is 0 Å². The molecule has 0 bridgehead atoms. The quantitative estimate of drug-likeness (QED) is 0.550. The largest absolute Gasteiger partial charge is 0.294 e. The number of rotatable bonds is 3. The number of fused-ring (bicyclic) bond motifs is 1. The summed E-state index contributed by atoms with van der Waals surface area (Å²) in [6.45, 7) is 0. The molecule has 3 aromatic rings. The highest BCUT2D eigenvalue weighted by Crippen LogP contribution is 2.23. The second-order valence-electron chi connectivity index (χ2n) is 4.91. The van der Waals surface area contributed by atoms with Crippen molar-refractivity contribution in [2.45, 2.75) is 6.42 Å². The number of benzene rings is 3. The van der Waals surface area contributed by atoms with Crippen LogP contribution < -0.4 is 0 Å². The summed E-state index contributed by atoms with van der Waals surface area (Å²) in [5.74, 6) is 0.0552. The number of hydrogen-bond donors (Lipinski definition) is 0. The maximum absolute atomic E-state index is 12.4. The molecule has 0 unspecified atom stereocenters. The summed E-state index contributed by atoms with van der Waals surface area (Å²) in [5, 5.41) is 2.89. The third kappa shape index (κ3) is 3.17. The molecular weight excluding hydrogens is 348 g/mol. The molecule has 0 saturated carbocycles. The number of ketones is 1. The summed E-state index contributed by atoms with van der Waals surface area (Å²) in [7, 11) is 0. The molecule has 0 aliphatic rings. The lowest BCUT2D eigenvalue weighted by atomic mass is 10.0. The summed E-state index contributed by atoms with van der Waals surface area (Å²) < 4.78 is 0.776. The van der Waals surface area contributed by atoms with E-state index >= 15 is 0 Å². The Bertz CT molecular complexity index is 826.